The molecule has 6 nitrogen and oxygen atoms in total. The van der Waals surface area contributed by atoms with Gasteiger partial charge in [-0.25, -0.2) is 22.0 Å². The monoisotopic (exact) mass is 394 g/mol. The largest absolute Gasteiger partial charge is 0.280 e. The first-order valence-electron chi connectivity index (χ1n) is 6.13. The maximum atomic E-state index is 12.3. The Morgan fingerprint density at radius 3 is 1.91 bits per heavy atom. The van der Waals surface area contributed by atoms with Crippen molar-refractivity contribution in [3.8, 4) is 0 Å². The smallest absolute Gasteiger partial charge is 0.261 e. The van der Waals surface area contributed by atoms with Crippen LogP contribution in [0, 0.1) is 0 Å². The minimum atomic E-state index is -3.87. The molecule has 0 saturated heterocycles. The van der Waals surface area contributed by atoms with Gasteiger partial charge in [0.05, 0.1) is 10.6 Å². The highest BCUT2D eigenvalue weighted by atomic mass is 35.5. The molecule has 0 aliphatic heterocycles. The predicted molar refractivity (Wildman–Crippen MR) is 90.5 cm³/mol. The van der Waals surface area contributed by atoms with Crippen LogP contribution in [0.5, 0.6) is 0 Å². The molecule has 0 heterocycles. The second-order valence-corrected chi connectivity index (χ2v) is 8.88. The summed E-state index contributed by atoms with van der Waals surface area (Å²) in [6.45, 7) is 0. The minimum absolute atomic E-state index is 0.0800. The maximum Gasteiger partial charge on any atom is 0.261 e. The number of anilines is 1. The van der Waals surface area contributed by atoms with Gasteiger partial charge in [-0.2, -0.15) is 0 Å². The molecule has 10 heteroatoms. The Labute approximate surface area is 144 Å². The fourth-order valence-electron chi connectivity index (χ4n) is 1.80. The normalized spacial score (nSPS) is 12.1. The molecule has 0 bridgehead atoms. The van der Waals surface area contributed by atoms with E-state index in [-0.39, 0.29) is 26.4 Å². The van der Waals surface area contributed by atoms with Gasteiger partial charge in [-0.05, 0) is 35.9 Å². The summed E-state index contributed by atoms with van der Waals surface area (Å²) in [5, 5.41) is 5.34. The fourth-order valence-corrected chi connectivity index (χ4v) is 4.24. The number of hydrogen-bond donors (Lipinski definition) is 2. The van der Waals surface area contributed by atoms with E-state index in [9.17, 15) is 16.8 Å². The first kappa shape index (κ1) is 18.0. The maximum absolute atomic E-state index is 12.3. The highest BCUT2D eigenvalue weighted by Crippen LogP contribution is 2.24. The molecule has 0 atom stereocenters. The Morgan fingerprint density at radius 1 is 0.913 bits per heavy atom. The number of rotatable bonds is 5. The molecule has 0 aliphatic carbocycles. The van der Waals surface area contributed by atoms with E-state index in [1.165, 1.54) is 42.5 Å². The zero-order chi connectivity index (χ0) is 17.3. The van der Waals surface area contributed by atoms with Crippen molar-refractivity contribution < 1.29 is 16.8 Å². The molecular weight excluding hydrogens is 383 g/mol. The molecule has 2 aromatic rings. The van der Waals surface area contributed by atoms with Gasteiger partial charge in [-0.3, -0.25) is 4.72 Å². The zero-order valence-corrected chi connectivity index (χ0v) is 14.7. The van der Waals surface area contributed by atoms with Gasteiger partial charge in [0, 0.05) is 15.7 Å². The highest BCUT2D eigenvalue weighted by Gasteiger charge is 2.16. The van der Waals surface area contributed by atoms with E-state index in [0.29, 0.717) is 5.56 Å². The number of benzene rings is 2. The number of nitrogens with two attached hydrogens (primary N) is 1. The van der Waals surface area contributed by atoms with Gasteiger partial charge in [0.15, 0.2) is 0 Å². The van der Waals surface area contributed by atoms with E-state index < -0.39 is 20.0 Å². The lowest BCUT2D eigenvalue weighted by Crippen LogP contribution is -2.15. The first-order chi connectivity index (χ1) is 10.5. The van der Waals surface area contributed by atoms with Crippen LogP contribution < -0.4 is 9.86 Å². The molecule has 0 unspecified atom stereocenters. The summed E-state index contributed by atoms with van der Waals surface area (Å²) in [6, 6.07) is 9.76. The standard InChI is InChI=1S/C13H12Cl2N2O4S2/c14-10-5-11(15)7-13(6-10)23(20,21)17-12-3-1-9(2-4-12)8-22(16,18)19/h1-7,17H,8H2,(H2,16,18,19). The molecule has 0 aliphatic rings. The summed E-state index contributed by atoms with van der Waals surface area (Å²) >= 11 is 11.6. The van der Waals surface area contributed by atoms with E-state index >= 15 is 0 Å². The zero-order valence-electron chi connectivity index (χ0n) is 11.5. The van der Waals surface area contributed by atoms with Crippen molar-refractivity contribution in [2.75, 3.05) is 4.72 Å². The summed E-state index contributed by atoms with van der Waals surface area (Å²) in [5.74, 6) is -0.329. The summed E-state index contributed by atoms with van der Waals surface area (Å²) in [7, 11) is -7.51. The SMILES string of the molecule is NS(=O)(=O)Cc1ccc(NS(=O)(=O)c2cc(Cl)cc(Cl)c2)cc1. The van der Waals surface area contributed by atoms with Crippen molar-refractivity contribution in [2.45, 2.75) is 10.6 Å². The quantitative estimate of drug-likeness (QED) is 0.812. The fraction of sp³-hybridized carbons (Fsp3) is 0.0769. The second-order valence-electron chi connectivity index (χ2n) is 4.71. The van der Waals surface area contributed by atoms with Crippen LogP contribution in [0.4, 0.5) is 5.69 Å². The topological polar surface area (TPSA) is 106 Å². The summed E-state index contributed by atoms with van der Waals surface area (Å²) in [6.07, 6.45) is 0. The van der Waals surface area contributed by atoms with Crippen LogP contribution in [0.3, 0.4) is 0 Å². The van der Waals surface area contributed by atoms with Gasteiger partial charge >= 0.3 is 0 Å². The molecule has 0 saturated carbocycles. The van der Waals surface area contributed by atoms with Gasteiger partial charge in [0.2, 0.25) is 10.0 Å². The second kappa shape index (κ2) is 6.66. The van der Waals surface area contributed by atoms with E-state index in [1.54, 1.807) is 0 Å². The van der Waals surface area contributed by atoms with Crippen LogP contribution in [-0.4, -0.2) is 16.8 Å². The average Bonchev–Trinajstić information content (AvgIpc) is 2.38. The summed E-state index contributed by atoms with van der Waals surface area (Å²) < 4.78 is 48.9. The van der Waals surface area contributed by atoms with Gasteiger partial charge in [-0.1, -0.05) is 35.3 Å². The van der Waals surface area contributed by atoms with Crippen LogP contribution in [-0.2, 0) is 25.8 Å². The lowest BCUT2D eigenvalue weighted by atomic mass is 10.2. The van der Waals surface area contributed by atoms with E-state index in [1.807, 2.05) is 0 Å². The summed E-state index contributed by atoms with van der Waals surface area (Å²) in [5.41, 5.74) is 0.709. The van der Waals surface area contributed by atoms with Crippen molar-refractivity contribution in [1.29, 1.82) is 0 Å². The molecule has 0 amide bonds. The molecule has 0 radical (unpaired) electrons. The van der Waals surface area contributed by atoms with Gasteiger partial charge in [0.1, 0.15) is 0 Å². The summed E-state index contributed by atoms with van der Waals surface area (Å²) in [4.78, 5) is -0.0800. The van der Waals surface area contributed by atoms with E-state index in [0.717, 1.165) is 0 Å². The third-order valence-corrected chi connectivity index (χ3v) is 5.25. The lowest BCUT2D eigenvalue weighted by molar-refractivity contribution is 0.596. The molecule has 3 N–H and O–H groups in total. The van der Waals surface area contributed by atoms with Crippen molar-refractivity contribution >= 4 is 48.9 Å². The van der Waals surface area contributed by atoms with Crippen molar-refractivity contribution in [3.63, 3.8) is 0 Å². The highest BCUT2D eigenvalue weighted by molar-refractivity contribution is 7.92. The number of nitrogens with one attached hydrogen (secondary N) is 1. The Hall–Kier alpha value is -1.32. The Bertz CT molecular complexity index is 907. The Morgan fingerprint density at radius 2 is 1.43 bits per heavy atom. The minimum Gasteiger partial charge on any atom is -0.280 e. The van der Waals surface area contributed by atoms with E-state index in [2.05, 4.69) is 4.72 Å². The third-order valence-electron chi connectivity index (χ3n) is 2.72. The molecule has 0 aromatic heterocycles. The molecular formula is C13H12Cl2N2O4S2. The van der Waals surface area contributed by atoms with Crippen molar-refractivity contribution in [2.24, 2.45) is 5.14 Å². The lowest BCUT2D eigenvalue weighted by Gasteiger charge is -2.09. The van der Waals surface area contributed by atoms with Gasteiger partial charge in [-0.15, -0.1) is 0 Å². The van der Waals surface area contributed by atoms with Gasteiger partial charge < -0.3 is 0 Å². The first-order valence-corrected chi connectivity index (χ1v) is 10.1. The van der Waals surface area contributed by atoms with Crippen LogP contribution in [0.1, 0.15) is 5.56 Å². The number of sulfonamides is 2. The average molecular weight is 395 g/mol. The van der Waals surface area contributed by atoms with Crippen LogP contribution >= 0.6 is 23.2 Å². The third kappa shape index (κ3) is 5.36. The van der Waals surface area contributed by atoms with Crippen molar-refractivity contribution in [3.05, 3.63) is 58.1 Å². The Balaban J connectivity index is 2.24. The molecule has 0 spiro atoms. The number of hydrogen-bond acceptors (Lipinski definition) is 4. The molecule has 124 valence electrons. The van der Waals surface area contributed by atoms with Crippen LogP contribution in [0.25, 0.3) is 0 Å². The predicted octanol–water partition coefficient (Wildman–Crippen LogP) is 2.58. The van der Waals surface area contributed by atoms with Crippen LogP contribution in [0.2, 0.25) is 10.0 Å². The van der Waals surface area contributed by atoms with E-state index in [4.69, 9.17) is 28.3 Å². The molecule has 23 heavy (non-hydrogen) atoms. The molecule has 0 fully saturated rings. The van der Waals surface area contributed by atoms with Gasteiger partial charge in [0.25, 0.3) is 10.0 Å². The Kier molecular flexibility index (Phi) is 5.22. The van der Waals surface area contributed by atoms with Crippen molar-refractivity contribution in [1.82, 2.24) is 0 Å². The molecule has 2 rings (SSSR count). The molecule has 2 aromatic carbocycles. The number of primary sulfonamides is 1. The number of halogens is 2. The van der Waals surface area contributed by atoms with Crippen LogP contribution in [0.15, 0.2) is 47.4 Å².